The second kappa shape index (κ2) is 9.04. The van der Waals surface area contributed by atoms with Crippen molar-refractivity contribution < 1.29 is 9.53 Å². The number of anilines is 2. The summed E-state index contributed by atoms with van der Waals surface area (Å²) in [6.45, 7) is 4.71. The number of carbonyl (C=O) groups is 1. The zero-order chi connectivity index (χ0) is 19.9. The fraction of sp³-hybridized carbons (Fsp3) is 0.217. The summed E-state index contributed by atoms with van der Waals surface area (Å²) in [6, 6.07) is 15.8. The molecule has 0 aliphatic rings. The van der Waals surface area contributed by atoms with Gasteiger partial charge in [-0.25, -0.2) is 0 Å². The largest absolute Gasteiger partial charge is 0.497 e. The van der Waals surface area contributed by atoms with Crippen LogP contribution in [-0.4, -0.2) is 24.5 Å². The molecule has 28 heavy (non-hydrogen) atoms. The average Bonchev–Trinajstić information content (AvgIpc) is 2.71. The molecule has 5 nitrogen and oxygen atoms in total. The molecular weight excluding hydrogens is 350 g/mol. The molecule has 144 valence electrons. The molecule has 3 rings (SSSR count). The van der Waals surface area contributed by atoms with Crippen molar-refractivity contribution in [2.24, 2.45) is 0 Å². The first kappa shape index (κ1) is 19.4. The minimum atomic E-state index is -0.163. The lowest BCUT2D eigenvalue weighted by molar-refractivity contribution is 0.102. The van der Waals surface area contributed by atoms with E-state index < -0.39 is 0 Å². The number of aryl methyl sites for hydroxylation is 2. The van der Waals surface area contributed by atoms with Crippen molar-refractivity contribution in [1.29, 1.82) is 0 Å². The van der Waals surface area contributed by atoms with Crippen molar-refractivity contribution in [3.8, 4) is 5.75 Å². The molecule has 1 aromatic heterocycles. The Labute approximate surface area is 165 Å². The molecule has 2 aromatic carbocycles. The van der Waals surface area contributed by atoms with Gasteiger partial charge in [0.05, 0.1) is 18.4 Å². The predicted octanol–water partition coefficient (Wildman–Crippen LogP) is 4.61. The number of rotatable bonds is 7. The van der Waals surface area contributed by atoms with E-state index in [9.17, 15) is 4.79 Å². The normalized spacial score (nSPS) is 10.4. The first-order valence-electron chi connectivity index (χ1n) is 9.26. The van der Waals surface area contributed by atoms with Crippen LogP contribution in [0.3, 0.4) is 0 Å². The van der Waals surface area contributed by atoms with Crippen LogP contribution in [0.5, 0.6) is 5.75 Å². The lowest BCUT2D eigenvalue weighted by Crippen LogP contribution is -2.15. The standard InChI is InChI=1S/C23H25N3O2/c1-16-5-4-6-17(2)22(16)26-23(27)19-13-20(15-24-14-19)25-12-11-18-7-9-21(28-3)10-8-18/h4-10,13-15,25H,11-12H2,1-3H3,(H,26,27). The van der Waals surface area contributed by atoms with Gasteiger partial charge in [0.2, 0.25) is 0 Å². The molecule has 0 spiro atoms. The van der Waals surface area contributed by atoms with Gasteiger partial charge in [0.1, 0.15) is 5.75 Å². The molecule has 0 saturated carbocycles. The number of aromatic nitrogens is 1. The second-order valence-electron chi connectivity index (χ2n) is 6.71. The summed E-state index contributed by atoms with van der Waals surface area (Å²) < 4.78 is 5.17. The van der Waals surface area contributed by atoms with Crippen LogP contribution in [0.1, 0.15) is 27.0 Å². The molecule has 1 amide bonds. The topological polar surface area (TPSA) is 63.2 Å². The predicted molar refractivity (Wildman–Crippen MR) is 113 cm³/mol. The number of benzene rings is 2. The minimum absolute atomic E-state index is 0.163. The summed E-state index contributed by atoms with van der Waals surface area (Å²) in [5, 5.41) is 6.33. The summed E-state index contributed by atoms with van der Waals surface area (Å²) in [7, 11) is 1.66. The van der Waals surface area contributed by atoms with Crippen LogP contribution in [0.4, 0.5) is 11.4 Å². The number of methoxy groups -OCH3 is 1. The third-order valence-corrected chi connectivity index (χ3v) is 4.62. The van der Waals surface area contributed by atoms with Crippen LogP contribution in [0.2, 0.25) is 0 Å². The van der Waals surface area contributed by atoms with Crippen LogP contribution >= 0.6 is 0 Å². The first-order chi connectivity index (χ1) is 13.6. The minimum Gasteiger partial charge on any atom is -0.497 e. The van der Waals surface area contributed by atoms with Gasteiger partial charge in [-0.1, -0.05) is 30.3 Å². The van der Waals surface area contributed by atoms with Gasteiger partial charge in [-0.05, 0) is 55.2 Å². The van der Waals surface area contributed by atoms with E-state index >= 15 is 0 Å². The summed E-state index contributed by atoms with van der Waals surface area (Å²) >= 11 is 0. The average molecular weight is 375 g/mol. The van der Waals surface area contributed by atoms with E-state index in [2.05, 4.69) is 15.6 Å². The number of hydrogen-bond donors (Lipinski definition) is 2. The number of para-hydroxylation sites is 1. The van der Waals surface area contributed by atoms with E-state index in [0.717, 1.165) is 41.2 Å². The number of hydrogen-bond acceptors (Lipinski definition) is 4. The molecule has 0 bridgehead atoms. The Balaban J connectivity index is 1.60. The molecule has 0 saturated heterocycles. The molecule has 3 aromatic rings. The number of amides is 1. The maximum atomic E-state index is 12.6. The van der Waals surface area contributed by atoms with Crippen molar-refractivity contribution in [2.75, 3.05) is 24.3 Å². The Morgan fingerprint density at radius 2 is 1.75 bits per heavy atom. The number of pyridine rings is 1. The van der Waals surface area contributed by atoms with E-state index in [0.29, 0.717) is 5.56 Å². The number of carbonyl (C=O) groups excluding carboxylic acids is 1. The van der Waals surface area contributed by atoms with Gasteiger partial charge in [0, 0.05) is 24.6 Å². The van der Waals surface area contributed by atoms with Crippen molar-refractivity contribution in [1.82, 2.24) is 4.98 Å². The highest BCUT2D eigenvalue weighted by Crippen LogP contribution is 2.21. The zero-order valence-corrected chi connectivity index (χ0v) is 16.5. The molecule has 5 heteroatoms. The van der Waals surface area contributed by atoms with Gasteiger partial charge in [-0.2, -0.15) is 0 Å². The van der Waals surface area contributed by atoms with E-state index in [-0.39, 0.29) is 5.91 Å². The fourth-order valence-corrected chi connectivity index (χ4v) is 3.00. The van der Waals surface area contributed by atoms with Crippen LogP contribution < -0.4 is 15.4 Å². The van der Waals surface area contributed by atoms with Gasteiger partial charge in [-0.3, -0.25) is 9.78 Å². The Hall–Kier alpha value is -3.34. The highest BCUT2D eigenvalue weighted by atomic mass is 16.5. The monoisotopic (exact) mass is 375 g/mol. The number of nitrogens with zero attached hydrogens (tertiary/aromatic N) is 1. The van der Waals surface area contributed by atoms with Gasteiger partial charge in [0.25, 0.3) is 5.91 Å². The van der Waals surface area contributed by atoms with Crippen molar-refractivity contribution in [3.05, 3.63) is 83.2 Å². The molecule has 0 unspecified atom stereocenters. The van der Waals surface area contributed by atoms with Gasteiger partial charge < -0.3 is 15.4 Å². The van der Waals surface area contributed by atoms with E-state index in [1.54, 1.807) is 19.5 Å². The van der Waals surface area contributed by atoms with Crippen LogP contribution in [0.25, 0.3) is 0 Å². The smallest absolute Gasteiger partial charge is 0.257 e. The molecule has 0 aliphatic heterocycles. The Morgan fingerprint density at radius 1 is 1.04 bits per heavy atom. The van der Waals surface area contributed by atoms with Crippen LogP contribution in [0.15, 0.2) is 60.9 Å². The highest BCUT2D eigenvalue weighted by Gasteiger charge is 2.10. The lowest BCUT2D eigenvalue weighted by atomic mass is 10.1. The fourth-order valence-electron chi connectivity index (χ4n) is 3.00. The summed E-state index contributed by atoms with van der Waals surface area (Å²) in [6.07, 6.45) is 4.17. The molecular formula is C23H25N3O2. The van der Waals surface area contributed by atoms with Crippen molar-refractivity contribution in [3.63, 3.8) is 0 Å². The SMILES string of the molecule is COc1ccc(CCNc2cncc(C(=O)Nc3c(C)cccc3C)c2)cc1. The molecule has 0 aliphatic carbocycles. The molecule has 0 atom stereocenters. The Bertz CT molecular complexity index is 932. The summed E-state index contributed by atoms with van der Waals surface area (Å²) in [4.78, 5) is 16.8. The third kappa shape index (κ3) is 4.88. The van der Waals surface area contributed by atoms with Crippen molar-refractivity contribution in [2.45, 2.75) is 20.3 Å². The molecule has 0 radical (unpaired) electrons. The van der Waals surface area contributed by atoms with E-state index in [1.807, 2.05) is 62.4 Å². The summed E-state index contributed by atoms with van der Waals surface area (Å²) in [5.41, 5.74) is 5.49. The highest BCUT2D eigenvalue weighted by molar-refractivity contribution is 6.05. The molecule has 0 fully saturated rings. The third-order valence-electron chi connectivity index (χ3n) is 4.62. The molecule has 2 N–H and O–H groups in total. The van der Waals surface area contributed by atoms with Crippen molar-refractivity contribution >= 4 is 17.3 Å². The van der Waals surface area contributed by atoms with E-state index in [1.165, 1.54) is 5.56 Å². The van der Waals surface area contributed by atoms with Gasteiger partial charge >= 0.3 is 0 Å². The van der Waals surface area contributed by atoms with Gasteiger partial charge in [-0.15, -0.1) is 0 Å². The maximum absolute atomic E-state index is 12.6. The van der Waals surface area contributed by atoms with Crippen LogP contribution in [0, 0.1) is 13.8 Å². The van der Waals surface area contributed by atoms with Crippen LogP contribution in [-0.2, 0) is 6.42 Å². The number of nitrogens with one attached hydrogen (secondary N) is 2. The zero-order valence-electron chi connectivity index (χ0n) is 16.5. The first-order valence-corrected chi connectivity index (χ1v) is 9.26. The second-order valence-corrected chi connectivity index (χ2v) is 6.71. The maximum Gasteiger partial charge on any atom is 0.257 e. The quantitative estimate of drug-likeness (QED) is 0.633. The molecule has 1 heterocycles. The number of ether oxygens (including phenoxy) is 1. The lowest BCUT2D eigenvalue weighted by Gasteiger charge is -2.12. The van der Waals surface area contributed by atoms with Gasteiger partial charge in [0.15, 0.2) is 0 Å². The van der Waals surface area contributed by atoms with E-state index in [4.69, 9.17) is 4.74 Å². The summed E-state index contributed by atoms with van der Waals surface area (Å²) in [5.74, 6) is 0.687. The Kier molecular flexibility index (Phi) is 6.27. The Morgan fingerprint density at radius 3 is 2.43 bits per heavy atom.